The van der Waals surface area contributed by atoms with E-state index in [0.29, 0.717) is 24.3 Å². The Balaban J connectivity index is 1.50. The van der Waals surface area contributed by atoms with E-state index in [1.165, 1.54) is 6.33 Å². The molecule has 9 heteroatoms. The number of anilines is 2. The Morgan fingerprint density at radius 1 is 1.26 bits per heavy atom. The summed E-state index contributed by atoms with van der Waals surface area (Å²) in [4.78, 5) is 8.76. The van der Waals surface area contributed by atoms with Crippen LogP contribution in [0.15, 0.2) is 42.7 Å². The first kappa shape index (κ1) is 16.5. The average molecular weight is 359 g/mol. The second-order valence-corrected chi connectivity index (χ2v) is 5.97. The first-order valence-corrected chi connectivity index (χ1v) is 8.49. The molecule has 0 aliphatic heterocycles. The number of aromatic nitrogens is 6. The van der Waals surface area contributed by atoms with E-state index < -0.39 is 0 Å². The highest BCUT2D eigenvalue weighted by molar-refractivity contribution is 5.65. The maximum absolute atomic E-state index is 9.13. The fourth-order valence-corrected chi connectivity index (χ4v) is 2.88. The molecule has 4 rings (SSSR count). The van der Waals surface area contributed by atoms with Crippen LogP contribution in [0.1, 0.15) is 17.7 Å². The van der Waals surface area contributed by atoms with Crippen molar-refractivity contribution in [1.82, 2.24) is 29.8 Å². The van der Waals surface area contributed by atoms with Crippen LogP contribution in [0.4, 0.5) is 11.6 Å². The van der Waals surface area contributed by atoms with Gasteiger partial charge in [-0.25, -0.2) is 4.98 Å². The van der Waals surface area contributed by atoms with Crippen LogP contribution in [-0.2, 0) is 6.42 Å². The van der Waals surface area contributed by atoms with Crippen LogP contribution in [-0.4, -0.2) is 36.3 Å². The third kappa shape index (κ3) is 3.28. The van der Waals surface area contributed by atoms with Crippen molar-refractivity contribution in [2.75, 3.05) is 17.6 Å². The lowest BCUT2D eigenvalue weighted by Gasteiger charge is -2.10. The van der Waals surface area contributed by atoms with Crippen LogP contribution in [0, 0.1) is 11.3 Å². The smallest absolute Gasteiger partial charge is 0.254 e. The van der Waals surface area contributed by atoms with Gasteiger partial charge in [0.05, 0.1) is 11.4 Å². The Kier molecular flexibility index (Phi) is 4.37. The fourth-order valence-electron chi connectivity index (χ4n) is 2.88. The van der Waals surface area contributed by atoms with Crippen LogP contribution in [0.5, 0.6) is 0 Å². The Morgan fingerprint density at radius 2 is 2.11 bits per heavy atom. The number of aromatic amines is 1. The summed E-state index contributed by atoms with van der Waals surface area (Å²) in [5.74, 6) is 1.58. The minimum absolute atomic E-state index is 0.242. The third-order valence-corrected chi connectivity index (χ3v) is 4.21. The lowest BCUT2D eigenvalue weighted by molar-refractivity contribution is 0.814. The number of hydrogen-bond acceptors (Lipinski definition) is 7. The zero-order valence-electron chi connectivity index (χ0n) is 14.4. The number of aryl methyl sites for hydroxylation is 1. The molecule has 0 unspecified atom stereocenters. The number of nitrogen functional groups attached to an aromatic ring is 1. The summed E-state index contributed by atoms with van der Waals surface area (Å²) in [5, 5.41) is 23.4. The molecule has 9 nitrogen and oxygen atoms in total. The van der Waals surface area contributed by atoms with Crippen molar-refractivity contribution in [3.63, 3.8) is 0 Å². The van der Waals surface area contributed by atoms with Crippen molar-refractivity contribution >= 4 is 17.4 Å². The monoisotopic (exact) mass is 359 g/mol. The van der Waals surface area contributed by atoms with Crippen LogP contribution in [0.25, 0.3) is 17.0 Å². The minimum atomic E-state index is 0.242. The fraction of sp³-hybridized carbons (Fsp3) is 0.167. The summed E-state index contributed by atoms with van der Waals surface area (Å²) in [7, 11) is 0. The first-order chi connectivity index (χ1) is 13.3. The van der Waals surface area contributed by atoms with E-state index in [1.807, 2.05) is 36.4 Å². The molecule has 0 amide bonds. The van der Waals surface area contributed by atoms with E-state index >= 15 is 0 Å². The van der Waals surface area contributed by atoms with Gasteiger partial charge in [0.15, 0.2) is 5.82 Å². The third-order valence-electron chi connectivity index (χ3n) is 4.21. The molecule has 4 aromatic rings. The molecule has 134 valence electrons. The molecule has 0 saturated carbocycles. The number of fused-ring (bicyclic) bond motifs is 1. The molecule has 0 fully saturated rings. The topological polar surface area (TPSA) is 134 Å². The molecule has 27 heavy (non-hydrogen) atoms. The van der Waals surface area contributed by atoms with Crippen molar-refractivity contribution in [1.29, 1.82) is 5.26 Å². The molecule has 0 radical (unpaired) electrons. The van der Waals surface area contributed by atoms with Gasteiger partial charge in [-0.1, -0.05) is 30.3 Å². The number of nitriles is 1. The number of nitrogens with one attached hydrogen (secondary N) is 2. The van der Waals surface area contributed by atoms with E-state index in [0.717, 1.165) is 29.2 Å². The minimum Gasteiger partial charge on any atom is -0.381 e. The summed E-state index contributed by atoms with van der Waals surface area (Å²) < 4.78 is 1.67. The quantitative estimate of drug-likeness (QED) is 0.448. The highest BCUT2D eigenvalue weighted by atomic mass is 15.3. The number of rotatable bonds is 6. The predicted molar refractivity (Wildman–Crippen MR) is 101 cm³/mol. The van der Waals surface area contributed by atoms with Crippen molar-refractivity contribution in [2.45, 2.75) is 12.8 Å². The van der Waals surface area contributed by atoms with Crippen molar-refractivity contribution in [3.05, 3.63) is 54.0 Å². The van der Waals surface area contributed by atoms with Gasteiger partial charge >= 0.3 is 0 Å². The zero-order valence-corrected chi connectivity index (χ0v) is 14.4. The standard InChI is InChI=1S/C18H17N9/c19-10-13-14(25-26-17(13)20)7-4-8-21-16-9-15(12-5-2-1-3-6-12)24-18-22-11-23-27(16)18/h1-3,5-6,9,11,21H,4,7-8H2,(H3,20,25,26). The molecule has 0 aliphatic carbocycles. The summed E-state index contributed by atoms with van der Waals surface area (Å²) in [5.41, 5.74) is 8.67. The summed E-state index contributed by atoms with van der Waals surface area (Å²) in [6.07, 6.45) is 2.93. The Labute approximate surface area is 154 Å². The van der Waals surface area contributed by atoms with Crippen LogP contribution in [0.3, 0.4) is 0 Å². The van der Waals surface area contributed by atoms with E-state index in [-0.39, 0.29) is 5.82 Å². The van der Waals surface area contributed by atoms with E-state index in [9.17, 15) is 0 Å². The van der Waals surface area contributed by atoms with Crippen LogP contribution < -0.4 is 11.1 Å². The van der Waals surface area contributed by atoms with Crippen molar-refractivity contribution in [2.24, 2.45) is 0 Å². The van der Waals surface area contributed by atoms with E-state index in [1.54, 1.807) is 4.52 Å². The van der Waals surface area contributed by atoms with Gasteiger partial charge in [-0.15, -0.1) is 0 Å². The Bertz CT molecular complexity index is 1110. The van der Waals surface area contributed by atoms with Gasteiger partial charge in [0.25, 0.3) is 5.78 Å². The molecule has 4 N–H and O–H groups in total. The Hall–Kier alpha value is -3.93. The zero-order chi connectivity index (χ0) is 18.6. The van der Waals surface area contributed by atoms with Gasteiger partial charge in [0.2, 0.25) is 0 Å². The maximum atomic E-state index is 9.13. The lowest BCUT2D eigenvalue weighted by atomic mass is 10.1. The molecule has 1 aromatic carbocycles. The predicted octanol–water partition coefficient (Wildman–Crippen LogP) is 2.01. The number of nitrogens with zero attached hydrogens (tertiary/aromatic N) is 6. The van der Waals surface area contributed by atoms with Crippen molar-refractivity contribution in [3.8, 4) is 17.3 Å². The number of nitrogens with two attached hydrogens (primary N) is 1. The summed E-state index contributed by atoms with van der Waals surface area (Å²) in [6.45, 7) is 0.678. The summed E-state index contributed by atoms with van der Waals surface area (Å²) in [6, 6.07) is 14.0. The lowest BCUT2D eigenvalue weighted by Crippen LogP contribution is -2.09. The number of hydrogen-bond donors (Lipinski definition) is 3. The average Bonchev–Trinajstić information content (AvgIpc) is 3.32. The van der Waals surface area contributed by atoms with Gasteiger partial charge in [0, 0.05) is 18.2 Å². The van der Waals surface area contributed by atoms with E-state index in [2.05, 4.69) is 36.7 Å². The molecule has 0 spiro atoms. The molecular formula is C18H17N9. The molecule has 0 atom stereocenters. The molecule has 0 saturated heterocycles. The molecule has 3 heterocycles. The maximum Gasteiger partial charge on any atom is 0.254 e. The first-order valence-electron chi connectivity index (χ1n) is 8.49. The number of H-pyrrole nitrogens is 1. The second kappa shape index (κ2) is 7.13. The summed E-state index contributed by atoms with van der Waals surface area (Å²) >= 11 is 0. The molecule has 0 bridgehead atoms. The SMILES string of the molecule is N#Cc1c(N)n[nH]c1CCCNc1cc(-c2ccccc2)nc2ncnn12. The van der Waals surface area contributed by atoms with Crippen LogP contribution >= 0.6 is 0 Å². The van der Waals surface area contributed by atoms with Gasteiger partial charge in [-0.2, -0.15) is 25.0 Å². The van der Waals surface area contributed by atoms with Gasteiger partial charge < -0.3 is 11.1 Å². The van der Waals surface area contributed by atoms with Crippen molar-refractivity contribution < 1.29 is 0 Å². The highest BCUT2D eigenvalue weighted by Gasteiger charge is 2.11. The highest BCUT2D eigenvalue weighted by Crippen LogP contribution is 2.21. The molecule has 3 aromatic heterocycles. The molecule has 0 aliphatic rings. The van der Waals surface area contributed by atoms with Crippen LogP contribution in [0.2, 0.25) is 0 Å². The van der Waals surface area contributed by atoms with Gasteiger partial charge in [0.1, 0.15) is 23.8 Å². The van der Waals surface area contributed by atoms with Gasteiger partial charge in [-0.3, -0.25) is 5.10 Å². The normalized spacial score (nSPS) is 10.8. The van der Waals surface area contributed by atoms with E-state index in [4.69, 9.17) is 11.0 Å². The van der Waals surface area contributed by atoms with Gasteiger partial charge in [-0.05, 0) is 12.8 Å². The Morgan fingerprint density at radius 3 is 2.93 bits per heavy atom. The molecular weight excluding hydrogens is 342 g/mol. The largest absolute Gasteiger partial charge is 0.381 e. The number of benzene rings is 1. The second-order valence-electron chi connectivity index (χ2n) is 5.97.